The number of sulfonamides is 1. The van der Waals surface area contributed by atoms with Crippen LogP contribution in [0.4, 0.5) is 0 Å². The smallest absolute Gasteiger partial charge is 0.208 e. The predicted molar refractivity (Wildman–Crippen MR) is 70.9 cm³/mol. The highest BCUT2D eigenvalue weighted by molar-refractivity contribution is 7.88. The van der Waals surface area contributed by atoms with Gasteiger partial charge in [0.15, 0.2) is 0 Å². The maximum atomic E-state index is 10.8. The van der Waals surface area contributed by atoms with Crippen LogP contribution in [0.3, 0.4) is 0 Å². The zero-order valence-electron chi connectivity index (χ0n) is 11.0. The number of hydrogen-bond acceptors (Lipinski definition) is 6. The van der Waals surface area contributed by atoms with E-state index < -0.39 is 10.0 Å². The van der Waals surface area contributed by atoms with Crippen LogP contribution in [-0.4, -0.2) is 54.5 Å². The molecule has 110 valence electrons. The quantitative estimate of drug-likeness (QED) is 0.462. The summed E-state index contributed by atoms with van der Waals surface area (Å²) < 4.78 is 25.7. The lowest BCUT2D eigenvalue weighted by molar-refractivity contribution is 0.276. The number of aliphatic hydroxyl groups excluding tert-OH is 1. The Bertz CT molecular complexity index is 459. The topological polar surface area (TPSA) is 109 Å². The summed E-state index contributed by atoms with van der Waals surface area (Å²) in [5.74, 6) is 0. The minimum Gasteiger partial charge on any atom is -0.396 e. The van der Waals surface area contributed by atoms with Gasteiger partial charge in [-0.2, -0.15) is 0 Å². The highest BCUT2D eigenvalue weighted by Crippen LogP contribution is 1.94. The van der Waals surface area contributed by atoms with Crippen molar-refractivity contribution in [2.45, 2.75) is 25.9 Å². The molecule has 0 radical (unpaired) electrons. The molecule has 0 aliphatic carbocycles. The van der Waals surface area contributed by atoms with E-state index in [-0.39, 0.29) is 6.61 Å². The summed E-state index contributed by atoms with van der Waals surface area (Å²) in [4.78, 5) is 0. The fourth-order valence-corrected chi connectivity index (χ4v) is 1.96. The van der Waals surface area contributed by atoms with Gasteiger partial charge in [-0.25, -0.2) is 13.1 Å². The van der Waals surface area contributed by atoms with Crippen molar-refractivity contribution >= 4 is 10.0 Å². The van der Waals surface area contributed by atoms with E-state index in [9.17, 15) is 8.42 Å². The number of aryl methyl sites for hydroxylation is 1. The number of hydrogen-bond donors (Lipinski definition) is 3. The molecule has 0 unspecified atom stereocenters. The van der Waals surface area contributed by atoms with E-state index >= 15 is 0 Å². The highest BCUT2D eigenvalue weighted by Gasteiger charge is 2.01. The maximum absolute atomic E-state index is 10.8. The number of nitrogens with zero attached hydrogens (tertiary/aromatic N) is 3. The molecular formula is C10H21N5O3S. The van der Waals surface area contributed by atoms with Gasteiger partial charge in [0.25, 0.3) is 0 Å². The van der Waals surface area contributed by atoms with E-state index in [1.165, 1.54) is 0 Å². The van der Waals surface area contributed by atoms with Gasteiger partial charge in [0.1, 0.15) is 0 Å². The van der Waals surface area contributed by atoms with Crippen LogP contribution >= 0.6 is 0 Å². The highest BCUT2D eigenvalue weighted by atomic mass is 32.2. The van der Waals surface area contributed by atoms with Crippen molar-refractivity contribution in [2.75, 3.05) is 26.0 Å². The number of aromatic nitrogens is 3. The Hall–Kier alpha value is -1.03. The third kappa shape index (κ3) is 7.88. The lowest BCUT2D eigenvalue weighted by Crippen LogP contribution is -2.26. The largest absolute Gasteiger partial charge is 0.396 e. The van der Waals surface area contributed by atoms with E-state index in [1.807, 2.05) is 6.20 Å². The minimum atomic E-state index is -3.09. The first-order valence-electron chi connectivity index (χ1n) is 6.16. The molecule has 1 aromatic rings. The lowest BCUT2D eigenvalue weighted by atomic mass is 10.4. The van der Waals surface area contributed by atoms with Crippen LogP contribution < -0.4 is 10.0 Å². The lowest BCUT2D eigenvalue weighted by Gasteiger charge is -2.03. The molecule has 1 aromatic heterocycles. The fraction of sp³-hybridized carbons (Fsp3) is 0.800. The Morgan fingerprint density at radius 3 is 2.84 bits per heavy atom. The Kier molecular flexibility index (Phi) is 6.92. The first kappa shape index (κ1) is 16.0. The van der Waals surface area contributed by atoms with Gasteiger partial charge in [-0.1, -0.05) is 5.21 Å². The van der Waals surface area contributed by atoms with Crippen molar-refractivity contribution in [3.63, 3.8) is 0 Å². The van der Waals surface area contributed by atoms with Crippen LogP contribution in [0.15, 0.2) is 6.20 Å². The summed E-state index contributed by atoms with van der Waals surface area (Å²) in [6, 6.07) is 0. The van der Waals surface area contributed by atoms with Crippen LogP contribution in [0.5, 0.6) is 0 Å². The average Bonchev–Trinajstić information content (AvgIpc) is 2.77. The fourth-order valence-electron chi connectivity index (χ4n) is 1.45. The third-order valence-electron chi connectivity index (χ3n) is 2.33. The molecule has 9 heteroatoms. The molecular weight excluding hydrogens is 270 g/mol. The van der Waals surface area contributed by atoms with Crippen LogP contribution in [-0.2, 0) is 23.1 Å². The molecule has 1 rings (SSSR count). The van der Waals surface area contributed by atoms with Gasteiger partial charge in [-0.3, -0.25) is 4.68 Å². The first-order chi connectivity index (χ1) is 9.01. The molecule has 3 N–H and O–H groups in total. The van der Waals surface area contributed by atoms with Gasteiger partial charge in [-0.15, -0.1) is 5.10 Å². The molecule has 1 heterocycles. The molecule has 0 atom stereocenters. The van der Waals surface area contributed by atoms with Crippen molar-refractivity contribution in [1.29, 1.82) is 0 Å². The summed E-state index contributed by atoms with van der Waals surface area (Å²) in [5.41, 5.74) is 0.828. The second-order valence-corrected chi connectivity index (χ2v) is 6.08. The molecule has 0 saturated carbocycles. The standard InChI is InChI=1S/C10H21N5O3S/c1-19(17,18)12-5-2-4-11-8-10-9-15(14-13-10)6-3-7-16/h9,11-12,16H,2-8H2,1H3. The van der Waals surface area contributed by atoms with Crippen LogP contribution in [0.2, 0.25) is 0 Å². The third-order valence-corrected chi connectivity index (χ3v) is 3.06. The molecule has 19 heavy (non-hydrogen) atoms. The van der Waals surface area contributed by atoms with Crippen molar-refractivity contribution in [3.8, 4) is 0 Å². The minimum absolute atomic E-state index is 0.140. The van der Waals surface area contributed by atoms with Crippen LogP contribution in [0.1, 0.15) is 18.5 Å². The Labute approximate surface area is 113 Å². The molecule has 0 aliphatic heterocycles. The Morgan fingerprint density at radius 1 is 1.37 bits per heavy atom. The van der Waals surface area contributed by atoms with Gasteiger partial charge in [0.2, 0.25) is 10.0 Å². The zero-order chi connectivity index (χ0) is 14.1. The number of aliphatic hydroxyl groups is 1. The molecule has 0 bridgehead atoms. The maximum Gasteiger partial charge on any atom is 0.208 e. The molecule has 0 spiro atoms. The SMILES string of the molecule is CS(=O)(=O)NCCCNCc1cn(CCCO)nn1. The van der Waals surface area contributed by atoms with Gasteiger partial charge < -0.3 is 10.4 Å². The van der Waals surface area contributed by atoms with Crippen molar-refractivity contribution in [1.82, 2.24) is 25.0 Å². The second kappa shape index (κ2) is 8.20. The van der Waals surface area contributed by atoms with E-state index in [0.717, 1.165) is 11.9 Å². The van der Waals surface area contributed by atoms with Gasteiger partial charge >= 0.3 is 0 Å². The summed E-state index contributed by atoms with van der Waals surface area (Å²) >= 11 is 0. The van der Waals surface area contributed by atoms with E-state index in [1.54, 1.807) is 4.68 Å². The second-order valence-electron chi connectivity index (χ2n) is 4.25. The number of rotatable bonds is 10. The van der Waals surface area contributed by atoms with Gasteiger partial charge in [0, 0.05) is 32.4 Å². The summed E-state index contributed by atoms with van der Waals surface area (Å²) in [6.07, 6.45) is 4.35. The van der Waals surface area contributed by atoms with Crippen molar-refractivity contribution in [3.05, 3.63) is 11.9 Å². The molecule has 0 aliphatic rings. The molecule has 8 nitrogen and oxygen atoms in total. The summed E-state index contributed by atoms with van der Waals surface area (Å²) in [6.45, 7) is 2.52. The van der Waals surface area contributed by atoms with E-state index in [0.29, 0.717) is 39.0 Å². The van der Waals surface area contributed by atoms with Crippen LogP contribution in [0.25, 0.3) is 0 Å². The molecule has 0 saturated heterocycles. The summed E-state index contributed by atoms with van der Waals surface area (Å²) in [5, 5.41) is 19.8. The van der Waals surface area contributed by atoms with Gasteiger partial charge in [-0.05, 0) is 19.4 Å². The van der Waals surface area contributed by atoms with Gasteiger partial charge in [0.05, 0.1) is 11.9 Å². The van der Waals surface area contributed by atoms with Crippen LogP contribution in [0, 0.1) is 0 Å². The Morgan fingerprint density at radius 2 is 2.16 bits per heavy atom. The van der Waals surface area contributed by atoms with E-state index in [4.69, 9.17) is 5.11 Å². The molecule has 0 fully saturated rings. The molecule has 0 amide bonds. The normalized spacial score (nSPS) is 11.9. The Balaban J connectivity index is 2.10. The number of nitrogens with one attached hydrogen (secondary N) is 2. The van der Waals surface area contributed by atoms with Crippen molar-refractivity contribution in [2.24, 2.45) is 0 Å². The van der Waals surface area contributed by atoms with Crippen molar-refractivity contribution < 1.29 is 13.5 Å². The molecule has 0 aromatic carbocycles. The zero-order valence-corrected chi connectivity index (χ0v) is 11.9. The summed E-state index contributed by atoms with van der Waals surface area (Å²) in [7, 11) is -3.09. The van der Waals surface area contributed by atoms with E-state index in [2.05, 4.69) is 20.4 Å². The predicted octanol–water partition coefficient (Wildman–Crippen LogP) is -1.31. The monoisotopic (exact) mass is 291 g/mol. The first-order valence-corrected chi connectivity index (χ1v) is 8.05. The average molecular weight is 291 g/mol.